The van der Waals surface area contributed by atoms with E-state index in [2.05, 4.69) is 69.3 Å². The molecule has 6 rings (SSSR count). The average Bonchev–Trinajstić information content (AvgIpc) is 3.58. The molecular formula is C44H56IrNO3-. The van der Waals surface area contributed by atoms with Gasteiger partial charge in [-0.25, -0.2) is 0 Å². The minimum atomic E-state index is -0.319. The van der Waals surface area contributed by atoms with Gasteiger partial charge in [0.2, 0.25) is 0 Å². The van der Waals surface area contributed by atoms with E-state index in [4.69, 9.17) is 9.72 Å². The number of hydrogen-bond donors (Lipinski definition) is 1. The number of aromatic nitrogens is 1. The second-order valence-electron chi connectivity index (χ2n) is 15.6. The molecule has 4 aromatic rings. The first kappa shape index (κ1) is 38.8. The van der Waals surface area contributed by atoms with Crippen molar-refractivity contribution in [3.63, 3.8) is 0 Å². The number of aliphatic hydroxyl groups excluding tert-OH is 1. The maximum absolute atomic E-state index is 12.0. The quantitative estimate of drug-likeness (QED) is 0.0865. The van der Waals surface area contributed by atoms with E-state index in [-0.39, 0.29) is 48.4 Å². The Morgan fingerprint density at radius 2 is 1.69 bits per heavy atom. The van der Waals surface area contributed by atoms with E-state index < -0.39 is 0 Å². The molecule has 0 saturated heterocycles. The maximum Gasteiger partial charge on any atom is 0.164 e. The summed E-state index contributed by atoms with van der Waals surface area (Å²) in [6, 6.07) is 19.0. The van der Waals surface area contributed by atoms with Crippen molar-refractivity contribution >= 4 is 27.3 Å². The number of ether oxygens (including phenoxy) is 1. The number of pyridine rings is 1. The molecule has 265 valence electrons. The SMILES string of the molecule is CC(C)(C)Cc1c2c([c-]c3ccccc13)-c1nccc3cc(CC4CCCC4)cc(c13)O2.CCC(CC)/C(O)=C/C(=O)C(C)(CC)CC.[Ir]. The Morgan fingerprint density at radius 3 is 2.33 bits per heavy atom. The summed E-state index contributed by atoms with van der Waals surface area (Å²) in [6.45, 7) is 16.9. The van der Waals surface area contributed by atoms with Gasteiger partial charge in [0.15, 0.2) is 5.78 Å². The summed E-state index contributed by atoms with van der Waals surface area (Å²) in [5.41, 5.74) is 4.50. The van der Waals surface area contributed by atoms with E-state index in [1.54, 1.807) is 0 Å². The predicted molar refractivity (Wildman–Crippen MR) is 201 cm³/mol. The van der Waals surface area contributed by atoms with E-state index in [9.17, 15) is 9.90 Å². The summed E-state index contributed by atoms with van der Waals surface area (Å²) in [5, 5.41) is 14.6. The van der Waals surface area contributed by atoms with Crippen molar-refractivity contribution in [2.24, 2.45) is 22.7 Å². The third-order valence-corrected chi connectivity index (χ3v) is 10.9. The number of carbonyl (C=O) groups is 1. The average molecular weight is 839 g/mol. The second kappa shape index (κ2) is 16.3. The van der Waals surface area contributed by atoms with Gasteiger partial charge >= 0.3 is 0 Å². The Labute approximate surface area is 308 Å². The molecule has 2 aliphatic rings. The smallest absolute Gasteiger partial charge is 0.164 e. The van der Waals surface area contributed by atoms with Crippen LogP contribution in [0.3, 0.4) is 0 Å². The van der Waals surface area contributed by atoms with Crippen LogP contribution in [0.4, 0.5) is 0 Å². The molecule has 1 aliphatic carbocycles. The van der Waals surface area contributed by atoms with Crippen molar-refractivity contribution in [2.75, 3.05) is 0 Å². The molecule has 1 fully saturated rings. The van der Waals surface area contributed by atoms with Gasteiger partial charge in [0.1, 0.15) is 5.75 Å². The Balaban J connectivity index is 0.000000274. The van der Waals surface area contributed by atoms with Gasteiger partial charge in [-0.1, -0.05) is 122 Å². The van der Waals surface area contributed by atoms with Gasteiger partial charge in [0.25, 0.3) is 0 Å². The van der Waals surface area contributed by atoms with Crippen LogP contribution in [0.5, 0.6) is 11.5 Å². The van der Waals surface area contributed by atoms with Crippen LogP contribution in [0.15, 0.2) is 60.5 Å². The van der Waals surface area contributed by atoms with Crippen LogP contribution in [0.1, 0.15) is 118 Å². The molecule has 0 bridgehead atoms. The van der Waals surface area contributed by atoms with Crippen LogP contribution in [0.25, 0.3) is 32.8 Å². The molecule has 1 saturated carbocycles. The first-order chi connectivity index (χ1) is 22.9. The summed E-state index contributed by atoms with van der Waals surface area (Å²) in [6.07, 6.45) is 14.3. The van der Waals surface area contributed by atoms with Crippen LogP contribution >= 0.6 is 0 Å². The third-order valence-electron chi connectivity index (χ3n) is 10.9. The maximum atomic E-state index is 12.0. The van der Waals surface area contributed by atoms with Crippen LogP contribution in [-0.2, 0) is 37.7 Å². The summed E-state index contributed by atoms with van der Waals surface area (Å²) in [7, 11) is 0. The number of allylic oxidation sites excluding steroid dienone is 2. The molecule has 0 atom stereocenters. The number of carbonyl (C=O) groups excluding carboxylic acids is 1. The normalized spacial score (nSPS) is 14.7. The van der Waals surface area contributed by atoms with Gasteiger partial charge in [0.05, 0.1) is 11.5 Å². The van der Waals surface area contributed by atoms with E-state index in [1.165, 1.54) is 53.7 Å². The number of hydrogen-bond acceptors (Lipinski definition) is 4. The molecule has 4 nitrogen and oxygen atoms in total. The summed E-state index contributed by atoms with van der Waals surface area (Å²) >= 11 is 0. The fraction of sp³-hybridized carbons (Fsp3) is 0.500. The molecule has 1 N–H and O–H groups in total. The van der Waals surface area contributed by atoms with Crippen molar-refractivity contribution in [3.05, 3.63) is 77.7 Å². The van der Waals surface area contributed by atoms with Crippen LogP contribution in [0.2, 0.25) is 0 Å². The van der Waals surface area contributed by atoms with Gasteiger partial charge in [-0.05, 0) is 72.9 Å². The summed E-state index contributed by atoms with van der Waals surface area (Å²) in [4.78, 5) is 16.9. The topological polar surface area (TPSA) is 59.4 Å². The summed E-state index contributed by atoms with van der Waals surface area (Å²) < 4.78 is 6.77. The standard InChI is InChI=1S/C30H30NO.C14H26O2.Ir/c1-30(2,3)18-25-23-11-7-6-10-21(23)17-24-28-27-22(12-13-31-28)15-20(14-19-8-4-5-9-19)16-26(27)32-29(24)25;1-6-11(7-2)12(15)10-13(16)14(5,8-3)9-4;/h6-7,10-13,15-16,19H,4-5,8-9,14,18H2,1-3H3;10-11,15H,6-9H2,1-5H3;/q-1;;/b;12-10-;. The first-order valence-electron chi connectivity index (χ1n) is 18.4. The van der Waals surface area contributed by atoms with Crippen LogP contribution < -0.4 is 4.74 Å². The number of nitrogens with zero attached hydrogens (tertiary/aromatic N) is 1. The van der Waals surface area contributed by atoms with Crippen molar-refractivity contribution in [1.82, 2.24) is 4.98 Å². The monoisotopic (exact) mass is 839 g/mol. The van der Waals surface area contributed by atoms with E-state index in [0.717, 1.165) is 78.0 Å². The molecule has 1 aliphatic heterocycles. The zero-order valence-electron chi connectivity index (χ0n) is 31.0. The zero-order valence-corrected chi connectivity index (χ0v) is 33.4. The van der Waals surface area contributed by atoms with Gasteiger partial charge in [-0.3, -0.25) is 9.78 Å². The Bertz CT molecular complexity index is 1790. The molecule has 0 spiro atoms. The fourth-order valence-corrected chi connectivity index (χ4v) is 7.42. The first-order valence-corrected chi connectivity index (χ1v) is 18.4. The number of benzene rings is 3. The molecule has 49 heavy (non-hydrogen) atoms. The molecule has 1 radical (unpaired) electrons. The molecule has 5 heteroatoms. The van der Waals surface area contributed by atoms with Gasteiger partial charge in [-0.15, -0.1) is 17.5 Å². The van der Waals surface area contributed by atoms with Crippen molar-refractivity contribution < 1.29 is 34.7 Å². The molecule has 0 unspecified atom stereocenters. The number of rotatable bonds is 10. The molecule has 3 aromatic carbocycles. The molecule has 2 heterocycles. The van der Waals surface area contributed by atoms with Gasteiger partial charge in [-0.2, -0.15) is 0 Å². The van der Waals surface area contributed by atoms with E-state index in [0.29, 0.717) is 0 Å². The van der Waals surface area contributed by atoms with E-state index in [1.807, 2.05) is 40.8 Å². The minimum absolute atomic E-state index is 0. The predicted octanol–water partition coefficient (Wildman–Crippen LogP) is 12.5. The Kier molecular flexibility index (Phi) is 12.9. The van der Waals surface area contributed by atoms with Crippen LogP contribution in [0, 0.1) is 28.7 Å². The van der Waals surface area contributed by atoms with Crippen molar-refractivity contribution in [3.8, 4) is 22.8 Å². The third kappa shape index (κ3) is 8.66. The Hall–Kier alpha value is -3.01. The number of fused-ring (bicyclic) bond motifs is 3. The van der Waals surface area contributed by atoms with Gasteiger partial charge < -0.3 is 9.84 Å². The molecule has 1 aromatic heterocycles. The summed E-state index contributed by atoms with van der Waals surface area (Å²) in [5.74, 6) is 3.16. The van der Waals surface area contributed by atoms with Crippen LogP contribution in [-0.4, -0.2) is 15.9 Å². The van der Waals surface area contributed by atoms with Gasteiger partial charge in [0, 0.05) is 54.8 Å². The largest absolute Gasteiger partial charge is 0.512 e. The fourth-order valence-electron chi connectivity index (χ4n) is 7.42. The number of aliphatic hydroxyl groups is 1. The Morgan fingerprint density at radius 1 is 1.02 bits per heavy atom. The number of ketones is 1. The molecular weight excluding hydrogens is 783 g/mol. The van der Waals surface area contributed by atoms with Crippen molar-refractivity contribution in [1.29, 1.82) is 0 Å². The minimum Gasteiger partial charge on any atom is -0.512 e. The van der Waals surface area contributed by atoms with E-state index >= 15 is 0 Å². The zero-order chi connectivity index (χ0) is 34.6. The molecule has 0 amide bonds. The second-order valence-corrected chi connectivity index (χ2v) is 15.6. The van der Waals surface area contributed by atoms with Crippen molar-refractivity contribution in [2.45, 2.75) is 120 Å².